The van der Waals surface area contributed by atoms with Gasteiger partial charge in [-0.25, -0.2) is 0 Å². The molecule has 1 atom stereocenters. The molecule has 1 saturated heterocycles. The first-order valence-corrected chi connectivity index (χ1v) is 6.48. The van der Waals surface area contributed by atoms with Crippen molar-refractivity contribution in [2.45, 2.75) is 45.6 Å². The van der Waals surface area contributed by atoms with Gasteiger partial charge in [0.25, 0.3) is 0 Å². The van der Waals surface area contributed by atoms with Crippen LogP contribution in [0.2, 0.25) is 0 Å². The second-order valence-electron chi connectivity index (χ2n) is 4.75. The molecule has 0 spiro atoms. The maximum atomic E-state index is 4.58. The summed E-state index contributed by atoms with van der Waals surface area (Å²) in [7, 11) is 0. The van der Waals surface area contributed by atoms with Crippen molar-refractivity contribution >= 4 is 0 Å². The first kappa shape index (κ1) is 11.6. The maximum Gasteiger partial charge on any atom is 0.0604 e. The van der Waals surface area contributed by atoms with Gasteiger partial charge in [-0.05, 0) is 50.9 Å². The van der Waals surface area contributed by atoms with Crippen molar-refractivity contribution in [2.24, 2.45) is 0 Å². The van der Waals surface area contributed by atoms with E-state index < -0.39 is 0 Å². The van der Waals surface area contributed by atoms with Gasteiger partial charge in [-0.15, -0.1) is 0 Å². The Kier molecular flexibility index (Phi) is 3.94. The van der Waals surface area contributed by atoms with Crippen LogP contribution in [0.15, 0.2) is 18.3 Å². The molecule has 0 N–H and O–H groups in total. The highest BCUT2D eigenvalue weighted by atomic mass is 15.2. The zero-order valence-electron chi connectivity index (χ0n) is 10.4. The molecule has 0 amide bonds. The van der Waals surface area contributed by atoms with E-state index in [1.807, 2.05) is 12.3 Å². The van der Waals surface area contributed by atoms with Crippen LogP contribution >= 0.6 is 0 Å². The van der Waals surface area contributed by atoms with Crippen LogP contribution in [0.25, 0.3) is 0 Å². The van der Waals surface area contributed by atoms with Crippen LogP contribution in [0.4, 0.5) is 0 Å². The summed E-state index contributed by atoms with van der Waals surface area (Å²) in [6.45, 7) is 6.92. The zero-order valence-corrected chi connectivity index (χ0v) is 10.4. The zero-order chi connectivity index (χ0) is 11.4. The van der Waals surface area contributed by atoms with Gasteiger partial charge in [0, 0.05) is 6.20 Å². The predicted molar refractivity (Wildman–Crippen MR) is 67.4 cm³/mol. The first-order valence-electron chi connectivity index (χ1n) is 6.48. The number of hydrogen-bond acceptors (Lipinski definition) is 2. The van der Waals surface area contributed by atoms with Crippen molar-refractivity contribution in [1.29, 1.82) is 0 Å². The van der Waals surface area contributed by atoms with Crippen LogP contribution in [-0.2, 0) is 0 Å². The van der Waals surface area contributed by atoms with Gasteiger partial charge in [0.15, 0.2) is 0 Å². The van der Waals surface area contributed by atoms with E-state index in [4.69, 9.17) is 0 Å². The summed E-state index contributed by atoms with van der Waals surface area (Å²) >= 11 is 0. The van der Waals surface area contributed by atoms with E-state index in [0.717, 1.165) is 0 Å². The minimum Gasteiger partial charge on any atom is -0.295 e. The number of nitrogens with zero attached hydrogens (tertiary/aromatic N) is 2. The smallest absolute Gasteiger partial charge is 0.0604 e. The molecule has 88 valence electrons. The molecule has 0 unspecified atom stereocenters. The van der Waals surface area contributed by atoms with Gasteiger partial charge in [0.1, 0.15) is 0 Å². The summed E-state index contributed by atoms with van der Waals surface area (Å²) in [5.41, 5.74) is 2.65. The van der Waals surface area contributed by atoms with Gasteiger partial charge in [-0.1, -0.05) is 19.4 Å². The Balaban J connectivity index is 2.10. The molecule has 16 heavy (non-hydrogen) atoms. The largest absolute Gasteiger partial charge is 0.295 e. The molecule has 0 saturated carbocycles. The highest BCUT2D eigenvalue weighted by molar-refractivity contribution is 5.21. The van der Waals surface area contributed by atoms with Gasteiger partial charge in [0.2, 0.25) is 0 Å². The van der Waals surface area contributed by atoms with Crippen LogP contribution in [0, 0.1) is 6.92 Å². The number of likely N-dealkylation sites (tertiary alicyclic amines) is 1. The van der Waals surface area contributed by atoms with E-state index in [1.165, 1.54) is 50.0 Å². The normalized spacial score (nSPS) is 21.5. The van der Waals surface area contributed by atoms with Crippen LogP contribution in [-0.4, -0.2) is 23.0 Å². The Morgan fingerprint density at radius 3 is 3.12 bits per heavy atom. The lowest BCUT2D eigenvalue weighted by atomic mass is 10.1. The summed E-state index contributed by atoms with van der Waals surface area (Å²) in [5, 5.41) is 0. The van der Waals surface area contributed by atoms with E-state index in [2.05, 4.69) is 29.8 Å². The number of hydrogen-bond donors (Lipinski definition) is 0. The molecule has 0 radical (unpaired) electrons. The van der Waals surface area contributed by atoms with Crippen molar-refractivity contribution in [2.75, 3.05) is 13.1 Å². The number of unbranched alkanes of at least 4 members (excludes halogenated alkanes) is 1. The Hall–Kier alpha value is -0.890. The predicted octanol–water partition coefficient (Wildman–Crippen LogP) is 3.33. The third-order valence-electron chi connectivity index (χ3n) is 3.53. The van der Waals surface area contributed by atoms with Gasteiger partial charge >= 0.3 is 0 Å². The average Bonchev–Trinajstić information content (AvgIpc) is 2.75. The fourth-order valence-corrected chi connectivity index (χ4v) is 2.61. The fraction of sp³-hybridized carbons (Fsp3) is 0.643. The van der Waals surface area contributed by atoms with Crippen LogP contribution in [0.5, 0.6) is 0 Å². The second kappa shape index (κ2) is 5.44. The second-order valence-corrected chi connectivity index (χ2v) is 4.75. The highest BCUT2D eigenvalue weighted by Crippen LogP contribution is 2.32. The maximum absolute atomic E-state index is 4.58. The molecule has 0 bridgehead atoms. The van der Waals surface area contributed by atoms with Crippen molar-refractivity contribution in [3.8, 4) is 0 Å². The van der Waals surface area contributed by atoms with Gasteiger partial charge in [0.05, 0.1) is 11.7 Å². The van der Waals surface area contributed by atoms with E-state index in [-0.39, 0.29) is 0 Å². The third-order valence-corrected chi connectivity index (χ3v) is 3.53. The minimum absolute atomic E-state index is 0.577. The van der Waals surface area contributed by atoms with Crippen LogP contribution in [0.3, 0.4) is 0 Å². The molecule has 2 rings (SSSR count). The molecule has 2 heteroatoms. The summed E-state index contributed by atoms with van der Waals surface area (Å²) in [6, 6.07) is 4.79. The Bertz CT molecular complexity index is 335. The van der Waals surface area contributed by atoms with Crippen molar-refractivity contribution in [3.05, 3.63) is 29.6 Å². The highest BCUT2D eigenvalue weighted by Gasteiger charge is 2.27. The van der Waals surface area contributed by atoms with E-state index >= 15 is 0 Å². The minimum atomic E-state index is 0.577. The van der Waals surface area contributed by atoms with Crippen LogP contribution in [0.1, 0.15) is 49.9 Å². The van der Waals surface area contributed by atoms with Gasteiger partial charge < -0.3 is 0 Å². The molecule has 1 aliphatic rings. The summed E-state index contributed by atoms with van der Waals surface area (Å²) in [4.78, 5) is 7.19. The Labute approximate surface area is 98.7 Å². The number of pyridine rings is 1. The molecule has 0 aromatic carbocycles. The van der Waals surface area contributed by atoms with E-state index in [0.29, 0.717) is 6.04 Å². The molecular weight excluding hydrogens is 196 g/mol. The lowest BCUT2D eigenvalue weighted by Crippen LogP contribution is -2.25. The first-order chi connectivity index (χ1) is 7.83. The number of aromatic nitrogens is 1. The SMILES string of the molecule is CCCCN1CCC[C@H]1c1ncccc1C. The molecule has 1 aromatic rings. The van der Waals surface area contributed by atoms with Gasteiger partial charge in [-0.2, -0.15) is 0 Å². The number of aryl methyl sites for hydroxylation is 1. The lowest BCUT2D eigenvalue weighted by molar-refractivity contribution is 0.248. The van der Waals surface area contributed by atoms with E-state index in [9.17, 15) is 0 Å². The van der Waals surface area contributed by atoms with Crippen molar-refractivity contribution in [3.63, 3.8) is 0 Å². The average molecular weight is 218 g/mol. The molecule has 1 aliphatic heterocycles. The fourth-order valence-electron chi connectivity index (χ4n) is 2.61. The molecule has 0 aliphatic carbocycles. The van der Waals surface area contributed by atoms with Crippen molar-refractivity contribution in [1.82, 2.24) is 9.88 Å². The molecule has 2 heterocycles. The molecule has 2 nitrogen and oxygen atoms in total. The Morgan fingerprint density at radius 1 is 1.50 bits per heavy atom. The standard InChI is InChI=1S/C14H22N2/c1-3-4-10-16-11-6-8-13(16)14-12(2)7-5-9-15-14/h5,7,9,13H,3-4,6,8,10-11H2,1-2H3/t13-/m0/s1. The summed E-state index contributed by atoms with van der Waals surface area (Å²) in [5.74, 6) is 0. The molecule has 1 aromatic heterocycles. The molecular formula is C14H22N2. The Morgan fingerprint density at radius 2 is 2.38 bits per heavy atom. The lowest BCUT2D eigenvalue weighted by Gasteiger charge is -2.24. The molecule has 1 fully saturated rings. The summed E-state index contributed by atoms with van der Waals surface area (Å²) < 4.78 is 0. The van der Waals surface area contributed by atoms with Gasteiger partial charge in [-0.3, -0.25) is 9.88 Å². The third kappa shape index (κ3) is 2.43. The monoisotopic (exact) mass is 218 g/mol. The van der Waals surface area contributed by atoms with Crippen molar-refractivity contribution < 1.29 is 0 Å². The summed E-state index contributed by atoms with van der Waals surface area (Å²) in [6.07, 6.45) is 7.12. The van der Waals surface area contributed by atoms with E-state index in [1.54, 1.807) is 0 Å². The topological polar surface area (TPSA) is 16.1 Å². The number of rotatable bonds is 4. The quantitative estimate of drug-likeness (QED) is 0.770. The van der Waals surface area contributed by atoms with Crippen LogP contribution < -0.4 is 0 Å².